The highest BCUT2D eigenvalue weighted by Gasteiger charge is 2.18. The van der Waals surface area contributed by atoms with Crippen LogP contribution in [-0.2, 0) is 13.0 Å². The summed E-state index contributed by atoms with van der Waals surface area (Å²) in [6, 6.07) is 0. The van der Waals surface area contributed by atoms with E-state index in [1.807, 2.05) is 13.1 Å². The molecule has 0 saturated heterocycles. The van der Waals surface area contributed by atoms with E-state index in [1.165, 1.54) is 16.7 Å². The zero-order valence-corrected chi connectivity index (χ0v) is 14.0. The molecular weight excluding hydrogens is 286 g/mol. The van der Waals surface area contributed by atoms with E-state index >= 15 is 0 Å². The number of rotatable bonds is 3. The first-order valence-electron chi connectivity index (χ1n) is 8.13. The van der Waals surface area contributed by atoms with Gasteiger partial charge in [-0.2, -0.15) is 5.10 Å². The first-order valence-corrected chi connectivity index (χ1v) is 8.13. The molecule has 3 heterocycles. The normalized spacial score (nSPS) is 15.3. The molecule has 120 valence electrons. The smallest absolute Gasteiger partial charge is 0.0830 e. The van der Waals surface area contributed by atoms with Crippen molar-refractivity contribution >= 4 is 12.4 Å². The molecule has 0 radical (unpaired) electrons. The molecule has 0 atom stereocenters. The first-order chi connectivity index (χ1) is 11.2. The zero-order chi connectivity index (χ0) is 16.2. The number of fused-ring (bicyclic) bond motifs is 1. The second-order valence-corrected chi connectivity index (χ2v) is 5.87. The van der Waals surface area contributed by atoms with E-state index in [4.69, 9.17) is 4.98 Å². The summed E-state index contributed by atoms with van der Waals surface area (Å²) in [5.74, 6) is 0. The summed E-state index contributed by atoms with van der Waals surface area (Å²) in [4.78, 5) is 9.46. The third kappa shape index (κ3) is 3.04. The molecular formula is C18H23N5. The van der Waals surface area contributed by atoms with Gasteiger partial charge in [0.05, 0.1) is 30.5 Å². The highest BCUT2D eigenvalue weighted by Crippen LogP contribution is 2.31. The Morgan fingerprint density at radius 2 is 2.13 bits per heavy atom. The number of pyridine rings is 1. The van der Waals surface area contributed by atoms with Gasteiger partial charge < -0.3 is 5.32 Å². The van der Waals surface area contributed by atoms with E-state index < -0.39 is 0 Å². The SMILES string of the molecule is CCCc1c(-c2cn[nH]c2C)nc2c(c1C)CN=CNC/C=C\2. The second-order valence-electron chi connectivity index (χ2n) is 5.87. The maximum atomic E-state index is 4.99. The van der Waals surface area contributed by atoms with Crippen LogP contribution in [-0.4, -0.2) is 28.1 Å². The van der Waals surface area contributed by atoms with Gasteiger partial charge in [-0.1, -0.05) is 19.4 Å². The van der Waals surface area contributed by atoms with Crippen LogP contribution < -0.4 is 5.32 Å². The van der Waals surface area contributed by atoms with Gasteiger partial charge in [-0.25, -0.2) is 4.98 Å². The molecule has 0 saturated carbocycles. The summed E-state index contributed by atoms with van der Waals surface area (Å²) >= 11 is 0. The molecule has 2 aromatic heterocycles. The predicted octanol–water partition coefficient (Wildman–Crippen LogP) is 3.19. The largest absolute Gasteiger partial charge is 0.373 e. The minimum absolute atomic E-state index is 0.660. The Labute approximate surface area is 137 Å². The minimum atomic E-state index is 0.660. The van der Waals surface area contributed by atoms with Gasteiger partial charge in [0.25, 0.3) is 0 Å². The van der Waals surface area contributed by atoms with Crippen LogP contribution in [0.2, 0.25) is 0 Å². The Bertz CT molecular complexity index is 755. The van der Waals surface area contributed by atoms with Crippen LogP contribution in [0, 0.1) is 13.8 Å². The van der Waals surface area contributed by atoms with Crippen LogP contribution in [0.3, 0.4) is 0 Å². The molecule has 2 N–H and O–H groups in total. The van der Waals surface area contributed by atoms with Crippen LogP contribution in [0.25, 0.3) is 17.3 Å². The van der Waals surface area contributed by atoms with Gasteiger partial charge in [0.2, 0.25) is 0 Å². The zero-order valence-electron chi connectivity index (χ0n) is 14.0. The summed E-state index contributed by atoms with van der Waals surface area (Å²) in [6.45, 7) is 7.86. The number of nitrogens with zero attached hydrogens (tertiary/aromatic N) is 3. The summed E-state index contributed by atoms with van der Waals surface area (Å²) in [6.07, 6.45) is 9.95. The number of aliphatic imine (C=N–C) groups is 1. The van der Waals surface area contributed by atoms with E-state index in [2.05, 4.69) is 46.5 Å². The van der Waals surface area contributed by atoms with Crippen LogP contribution >= 0.6 is 0 Å². The monoisotopic (exact) mass is 309 g/mol. The fraction of sp³-hybridized carbons (Fsp3) is 0.389. The average Bonchev–Trinajstić information content (AvgIpc) is 3.00. The molecule has 0 spiro atoms. The molecule has 3 rings (SSSR count). The van der Waals surface area contributed by atoms with Gasteiger partial charge in [-0.15, -0.1) is 0 Å². The Balaban J connectivity index is 2.23. The van der Waals surface area contributed by atoms with Crippen molar-refractivity contribution < 1.29 is 0 Å². The lowest BCUT2D eigenvalue weighted by molar-refractivity contribution is 0.890. The van der Waals surface area contributed by atoms with E-state index in [0.717, 1.165) is 42.0 Å². The van der Waals surface area contributed by atoms with E-state index in [-0.39, 0.29) is 0 Å². The van der Waals surface area contributed by atoms with E-state index in [1.54, 1.807) is 6.34 Å². The fourth-order valence-electron chi connectivity index (χ4n) is 3.01. The van der Waals surface area contributed by atoms with Crippen LogP contribution in [0.1, 0.15) is 41.4 Å². The third-order valence-corrected chi connectivity index (χ3v) is 4.26. The second kappa shape index (κ2) is 6.77. The summed E-state index contributed by atoms with van der Waals surface area (Å²) in [5, 5.41) is 10.4. The van der Waals surface area contributed by atoms with Crippen molar-refractivity contribution in [1.82, 2.24) is 20.5 Å². The van der Waals surface area contributed by atoms with E-state index in [0.29, 0.717) is 6.54 Å². The van der Waals surface area contributed by atoms with Gasteiger partial charge in [0.1, 0.15) is 0 Å². The quantitative estimate of drug-likeness (QED) is 0.915. The molecule has 0 aromatic carbocycles. The standard InChI is InChI=1S/C18H23N5/c1-4-6-14-12(2)15-9-20-11-19-8-5-7-17(15)22-18(14)16-10-21-23-13(16)3/h5,7,10-11H,4,6,8-9H2,1-3H3,(H,19,20)(H,21,23)/b7-5-. The Hall–Kier alpha value is -2.43. The molecule has 1 aliphatic heterocycles. The first kappa shape index (κ1) is 15.5. The third-order valence-electron chi connectivity index (χ3n) is 4.26. The van der Waals surface area contributed by atoms with Crippen molar-refractivity contribution in [3.63, 3.8) is 0 Å². The van der Waals surface area contributed by atoms with Crippen LogP contribution in [0.5, 0.6) is 0 Å². The number of H-pyrrole nitrogens is 1. The molecule has 0 aliphatic carbocycles. The molecule has 5 nitrogen and oxygen atoms in total. The highest BCUT2D eigenvalue weighted by atomic mass is 15.1. The molecule has 0 unspecified atom stereocenters. The molecule has 0 amide bonds. The average molecular weight is 309 g/mol. The highest BCUT2D eigenvalue weighted by molar-refractivity contribution is 5.70. The predicted molar refractivity (Wildman–Crippen MR) is 94.5 cm³/mol. The number of hydrogen-bond acceptors (Lipinski definition) is 4. The van der Waals surface area contributed by atoms with Gasteiger partial charge in [0, 0.05) is 23.4 Å². The minimum Gasteiger partial charge on any atom is -0.373 e. The fourth-order valence-corrected chi connectivity index (χ4v) is 3.01. The van der Waals surface area contributed by atoms with Crippen molar-refractivity contribution in [2.45, 2.75) is 40.2 Å². The van der Waals surface area contributed by atoms with Crippen molar-refractivity contribution in [3.8, 4) is 11.3 Å². The number of hydrogen-bond donors (Lipinski definition) is 2. The van der Waals surface area contributed by atoms with Gasteiger partial charge in [-0.3, -0.25) is 10.1 Å². The Morgan fingerprint density at radius 1 is 1.26 bits per heavy atom. The molecule has 23 heavy (non-hydrogen) atoms. The summed E-state index contributed by atoms with van der Waals surface area (Å²) in [5.41, 5.74) is 8.04. The summed E-state index contributed by atoms with van der Waals surface area (Å²) in [7, 11) is 0. The topological polar surface area (TPSA) is 66.0 Å². The molecule has 5 heteroatoms. The van der Waals surface area contributed by atoms with Crippen molar-refractivity contribution in [2.24, 2.45) is 4.99 Å². The molecule has 1 aliphatic rings. The van der Waals surface area contributed by atoms with E-state index in [9.17, 15) is 0 Å². The van der Waals surface area contributed by atoms with Crippen LogP contribution in [0.15, 0.2) is 17.3 Å². The lowest BCUT2D eigenvalue weighted by Gasteiger charge is -2.17. The van der Waals surface area contributed by atoms with Crippen molar-refractivity contribution in [2.75, 3.05) is 6.54 Å². The maximum absolute atomic E-state index is 4.99. The van der Waals surface area contributed by atoms with Gasteiger partial charge >= 0.3 is 0 Å². The van der Waals surface area contributed by atoms with Gasteiger partial charge in [0.15, 0.2) is 0 Å². The molecule has 0 bridgehead atoms. The number of aromatic amines is 1. The number of nitrogens with one attached hydrogen (secondary N) is 2. The lowest BCUT2D eigenvalue weighted by Crippen LogP contribution is -2.09. The molecule has 2 aromatic rings. The van der Waals surface area contributed by atoms with Gasteiger partial charge in [-0.05, 0) is 37.5 Å². The molecule has 0 fully saturated rings. The van der Waals surface area contributed by atoms with Crippen molar-refractivity contribution in [3.05, 3.63) is 40.4 Å². The maximum Gasteiger partial charge on any atom is 0.0830 e. The summed E-state index contributed by atoms with van der Waals surface area (Å²) < 4.78 is 0. The Kier molecular flexibility index (Phi) is 4.55. The number of aromatic nitrogens is 3. The van der Waals surface area contributed by atoms with Crippen molar-refractivity contribution in [1.29, 1.82) is 0 Å². The van der Waals surface area contributed by atoms with Crippen LogP contribution in [0.4, 0.5) is 0 Å². The lowest BCUT2D eigenvalue weighted by atomic mass is 9.93. The number of aryl methyl sites for hydroxylation is 1. The Morgan fingerprint density at radius 3 is 2.87 bits per heavy atom.